The summed E-state index contributed by atoms with van der Waals surface area (Å²) in [5.41, 5.74) is 6.69. The third kappa shape index (κ3) is 2.15. The molecule has 0 amide bonds. The van der Waals surface area contributed by atoms with Gasteiger partial charge in [-0.3, -0.25) is 0 Å². The number of nitrogens with zero attached hydrogens (tertiary/aromatic N) is 1. The Labute approximate surface area is 121 Å². The molecule has 0 bridgehead atoms. The van der Waals surface area contributed by atoms with Crippen LogP contribution in [0.4, 0.5) is 17.1 Å². The van der Waals surface area contributed by atoms with E-state index in [2.05, 4.69) is 73.5 Å². The van der Waals surface area contributed by atoms with E-state index in [0.29, 0.717) is 5.92 Å². The summed E-state index contributed by atoms with van der Waals surface area (Å²) < 4.78 is 0. The standard InChI is InChI=1S/C18H22N2/c1-13(2)15-8-6-7-14(3)18(15)20-12-11-19-16-9-4-5-10-17(16)20/h4-10,13,19H,11-12H2,1-3H3. The van der Waals surface area contributed by atoms with Crippen LogP contribution in [0.2, 0.25) is 0 Å². The van der Waals surface area contributed by atoms with Crippen LogP contribution in [0.5, 0.6) is 0 Å². The predicted molar refractivity (Wildman–Crippen MR) is 87.2 cm³/mol. The summed E-state index contributed by atoms with van der Waals surface area (Å²) >= 11 is 0. The van der Waals surface area contributed by atoms with Crippen molar-refractivity contribution in [1.29, 1.82) is 0 Å². The highest BCUT2D eigenvalue weighted by Crippen LogP contribution is 2.39. The number of nitrogens with one attached hydrogen (secondary N) is 1. The van der Waals surface area contributed by atoms with Gasteiger partial charge in [-0.1, -0.05) is 44.2 Å². The molecule has 2 aromatic rings. The normalized spacial score (nSPS) is 14.1. The minimum Gasteiger partial charge on any atom is -0.382 e. The van der Waals surface area contributed by atoms with Gasteiger partial charge < -0.3 is 10.2 Å². The second kappa shape index (κ2) is 5.20. The average Bonchev–Trinajstić information content (AvgIpc) is 2.46. The molecular weight excluding hydrogens is 244 g/mol. The van der Waals surface area contributed by atoms with Crippen LogP contribution in [0.25, 0.3) is 0 Å². The molecule has 2 aromatic carbocycles. The summed E-state index contributed by atoms with van der Waals surface area (Å²) in [6.45, 7) is 8.76. The van der Waals surface area contributed by atoms with E-state index in [9.17, 15) is 0 Å². The van der Waals surface area contributed by atoms with Crippen LogP contribution in [-0.2, 0) is 0 Å². The first kappa shape index (κ1) is 13.0. The Hall–Kier alpha value is -1.96. The lowest BCUT2D eigenvalue weighted by atomic mass is 9.96. The molecule has 2 heteroatoms. The zero-order valence-corrected chi connectivity index (χ0v) is 12.5. The van der Waals surface area contributed by atoms with E-state index in [0.717, 1.165) is 13.1 Å². The van der Waals surface area contributed by atoms with Crippen molar-refractivity contribution >= 4 is 17.1 Å². The highest BCUT2D eigenvalue weighted by Gasteiger charge is 2.21. The Bertz CT molecular complexity index is 617. The average molecular weight is 266 g/mol. The number of hydrogen-bond acceptors (Lipinski definition) is 2. The van der Waals surface area contributed by atoms with Crippen molar-refractivity contribution in [3.05, 3.63) is 53.6 Å². The molecule has 0 fully saturated rings. The maximum Gasteiger partial charge on any atom is 0.0647 e. The van der Waals surface area contributed by atoms with E-state index in [1.54, 1.807) is 0 Å². The lowest BCUT2D eigenvalue weighted by Crippen LogP contribution is -2.31. The summed E-state index contributed by atoms with van der Waals surface area (Å²) in [5, 5.41) is 3.49. The summed E-state index contributed by atoms with van der Waals surface area (Å²) in [7, 11) is 0. The smallest absolute Gasteiger partial charge is 0.0647 e. The van der Waals surface area contributed by atoms with Gasteiger partial charge in [-0.05, 0) is 36.1 Å². The topological polar surface area (TPSA) is 15.3 Å². The highest BCUT2D eigenvalue weighted by molar-refractivity contribution is 5.81. The van der Waals surface area contributed by atoms with E-state index in [4.69, 9.17) is 0 Å². The minimum absolute atomic E-state index is 0.534. The molecule has 1 aliphatic heterocycles. The van der Waals surface area contributed by atoms with E-state index in [-0.39, 0.29) is 0 Å². The van der Waals surface area contributed by atoms with Crippen LogP contribution in [0, 0.1) is 6.92 Å². The largest absolute Gasteiger partial charge is 0.382 e. The van der Waals surface area contributed by atoms with Gasteiger partial charge in [-0.2, -0.15) is 0 Å². The molecular formula is C18H22N2. The number of fused-ring (bicyclic) bond motifs is 1. The molecule has 0 aliphatic carbocycles. The van der Waals surface area contributed by atoms with Gasteiger partial charge in [0.15, 0.2) is 0 Å². The van der Waals surface area contributed by atoms with E-state index < -0.39 is 0 Å². The van der Waals surface area contributed by atoms with Crippen molar-refractivity contribution in [3.8, 4) is 0 Å². The molecule has 0 saturated heterocycles. The Balaban J connectivity index is 2.16. The lowest BCUT2D eigenvalue weighted by molar-refractivity contribution is 0.841. The Kier molecular flexibility index (Phi) is 3.39. The van der Waals surface area contributed by atoms with Crippen molar-refractivity contribution in [3.63, 3.8) is 0 Å². The van der Waals surface area contributed by atoms with Crippen LogP contribution in [0.15, 0.2) is 42.5 Å². The van der Waals surface area contributed by atoms with Gasteiger partial charge in [0.2, 0.25) is 0 Å². The van der Waals surface area contributed by atoms with Crippen molar-refractivity contribution in [1.82, 2.24) is 0 Å². The van der Waals surface area contributed by atoms with E-state index in [1.807, 2.05) is 0 Å². The number of rotatable bonds is 2. The first-order chi connectivity index (χ1) is 9.68. The van der Waals surface area contributed by atoms with Crippen LogP contribution in [-0.4, -0.2) is 13.1 Å². The molecule has 20 heavy (non-hydrogen) atoms. The number of para-hydroxylation sites is 3. The fourth-order valence-electron chi connectivity index (χ4n) is 3.03. The zero-order chi connectivity index (χ0) is 14.1. The van der Waals surface area contributed by atoms with Crippen molar-refractivity contribution < 1.29 is 0 Å². The third-order valence-corrected chi connectivity index (χ3v) is 4.01. The van der Waals surface area contributed by atoms with Gasteiger partial charge in [0, 0.05) is 18.8 Å². The van der Waals surface area contributed by atoms with Crippen molar-refractivity contribution in [2.24, 2.45) is 0 Å². The fourth-order valence-corrected chi connectivity index (χ4v) is 3.03. The van der Waals surface area contributed by atoms with Gasteiger partial charge in [-0.25, -0.2) is 0 Å². The van der Waals surface area contributed by atoms with Crippen LogP contribution in [0.3, 0.4) is 0 Å². The van der Waals surface area contributed by atoms with Gasteiger partial charge >= 0.3 is 0 Å². The molecule has 1 aliphatic rings. The number of benzene rings is 2. The molecule has 0 aromatic heterocycles. The number of hydrogen-bond donors (Lipinski definition) is 1. The molecule has 104 valence electrons. The molecule has 2 nitrogen and oxygen atoms in total. The molecule has 0 atom stereocenters. The number of aryl methyl sites for hydroxylation is 1. The Morgan fingerprint density at radius 2 is 1.85 bits per heavy atom. The third-order valence-electron chi connectivity index (χ3n) is 4.01. The molecule has 0 radical (unpaired) electrons. The second-order valence-electron chi connectivity index (χ2n) is 5.76. The Morgan fingerprint density at radius 1 is 1.05 bits per heavy atom. The predicted octanol–water partition coefficient (Wildman–Crippen LogP) is 4.68. The van der Waals surface area contributed by atoms with Crippen LogP contribution >= 0.6 is 0 Å². The van der Waals surface area contributed by atoms with Crippen LogP contribution < -0.4 is 10.2 Å². The van der Waals surface area contributed by atoms with E-state index in [1.165, 1.54) is 28.2 Å². The molecule has 3 rings (SSSR count). The first-order valence-electron chi connectivity index (χ1n) is 7.38. The monoisotopic (exact) mass is 266 g/mol. The SMILES string of the molecule is Cc1cccc(C(C)C)c1N1CCNc2ccccc21. The maximum atomic E-state index is 3.49. The summed E-state index contributed by atoms with van der Waals surface area (Å²) in [6.07, 6.45) is 0. The van der Waals surface area contributed by atoms with E-state index >= 15 is 0 Å². The van der Waals surface area contributed by atoms with Crippen molar-refractivity contribution in [2.75, 3.05) is 23.3 Å². The lowest BCUT2D eigenvalue weighted by Gasteiger charge is -2.35. The first-order valence-corrected chi connectivity index (χ1v) is 7.38. The Morgan fingerprint density at radius 3 is 2.65 bits per heavy atom. The summed E-state index contributed by atoms with van der Waals surface area (Å²) in [4.78, 5) is 2.47. The van der Waals surface area contributed by atoms with Crippen molar-refractivity contribution in [2.45, 2.75) is 26.7 Å². The van der Waals surface area contributed by atoms with Crippen LogP contribution in [0.1, 0.15) is 30.9 Å². The molecule has 1 heterocycles. The molecule has 0 spiro atoms. The molecule has 0 unspecified atom stereocenters. The summed E-state index contributed by atoms with van der Waals surface area (Å²) in [5.74, 6) is 0.534. The maximum absolute atomic E-state index is 3.49. The molecule has 0 saturated carbocycles. The quantitative estimate of drug-likeness (QED) is 0.849. The van der Waals surface area contributed by atoms with Gasteiger partial charge in [0.25, 0.3) is 0 Å². The fraction of sp³-hybridized carbons (Fsp3) is 0.333. The highest BCUT2D eigenvalue weighted by atomic mass is 15.2. The minimum atomic E-state index is 0.534. The molecule has 1 N–H and O–H groups in total. The number of anilines is 3. The summed E-state index contributed by atoms with van der Waals surface area (Å²) in [6, 6.07) is 15.2. The van der Waals surface area contributed by atoms with Gasteiger partial charge in [-0.15, -0.1) is 0 Å². The van der Waals surface area contributed by atoms with Gasteiger partial charge in [0.05, 0.1) is 11.4 Å². The zero-order valence-electron chi connectivity index (χ0n) is 12.5. The van der Waals surface area contributed by atoms with Gasteiger partial charge in [0.1, 0.15) is 0 Å². The second-order valence-corrected chi connectivity index (χ2v) is 5.76.